The quantitative estimate of drug-likeness (QED) is 0.573. The highest BCUT2D eigenvalue weighted by atomic mass is 32.3. The average molecular weight is 276 g/mol. The van der Waals surface area contributed by atoms with Gasteiger partial charge in [0.15, 0.2) is 12.4 Å². The van der Waals surface area contributed by atoms with E-state index in [0.717, 1.165) is 12.1 Å². The summed E-state index contributed by atoms with van der Waals surface area (Å²) in [5.74, 6) is -2.91. The van der Waals surface area contributed by atoms with Gasteiger partial charge in [-0.2, -0.15) is 8.42 Å². The summed E-state index contributed by atoms with van der Waals surface area (Å²) in [6.45, 7) is -0.876. The van der Waals surface area contributed by atoms with E-state index in [1.807, 2.05) is 0 Å². The van der Waals surface area contributed by atoms with Crippen molar-refractivity contribution in [2.45, 2.75) is 0 Å². The van der Waals surface area contributed by atoms with Gasteiger partial charge in [-0.3, -0.25) is 4.55 Å². The lowest BCUT2D eigenvalue weighted by Crippen LogP contribution is -2.15. The smallest absolute Gasteiger partial charge is 0.446 e. The fourth-order valence-corrected chi connectivity index (χ4v) is 1.40. The maximum atomic E-state index is 11.4. The van der Waals surface area contributed by atoms with Crippen LogP contribution in [0, 0.1) is 0 Å². The largest absolute Gasteiger partial charge is 0.479 e. The Morgan fingerprint density at radius 2 is 1.83 bits per heavy atom. The molecule has 1 rings (SSSR count). The number of aliphatic carboxylic acids is 1. The van der Waals surface area contributed by atoms with Crippen molar-refractivity contribution in [3.05, 3.63) is 29.8 Å². The summed E-state index contributed by atoms with van der Waals surface area (Å²) in [4.78, 5) is 21.6. The lowest BCUT2D eigenvalue weighted by molar-refractivity contribution is -0.140. The average Bonchev–Trinajstić information content (AvgIpc) is 2.24. The Morgan fingerprint density at radius 1 is 1.22 bits per heavy atom. The number of carbonyl (C=O) groups excluding carboxylic acids is 1. The van der Waals surface area contributed by atoms with Crippen LogP contribution in [0.1, 0.15) is 10.4 Å². The Bertz CT molecular complexity index is 562. The molecule has 0 bridgehead atoms. The van der Waals surface area contributed by atoms with Crippen LogP contribution in [-0.4, -0.2) is 36.6 Å². The highest BCUT2D eigenvalue weighted by Gasteiger charge is 2.18. The highest BCUT2D eigenvalue weighted by molar-refractivity contribution is 7.81. The molecular weight excluding hydrogens is 268 g/mol. The molecule has 0 saturated heterocycles. The van der Waals surface area contributed by atoms with Crippen LogP contribution < -0.4 is 4.18 Å². The second kappa shape index (κ2) is 5.47. The van der Waals surface area contributed by atoms with Crippen LogP contribution in [0.3, 0.4) is 0 Å². The van der Waals surface area contributed by atoms with Crippen molar-refractivity contribution in [3.63, 3.8) is 0 Å². The minimum absolute atomic E-state index is 0.323. The summed E-state index contributed by atoms with van der Waals surface area (Å²) in [6, 6.07) is 5.00. The number of ether oxygens (including phenoxy) is 1. The first kappa shape index (κ1) is 13.9. The zero-order chi connectivity index (χ0) is 13.8. The molecule has 0 aliphatic carbocycles. The standard InChI is InChI=1S/C9H8O8S/c10-8(11)5-16-9(12)6-3-1-2-4-7(6)17-18(13,14)15/h1-4H,5H2,(H,10,11)(H,13,14,15). The van der Waals surface area contributed by atoms with Crippen molar-refractivity contribution in [2.24, 2.45) is 0 Å². The lowest BCUT2D eigenvalue weighted by Gasteiger charge is -2.07. The Morgan fingerprint density at radius 3 is 2.39 bits per heavy atom. The van der Waals surface area contributed by atoms with E-state index < -0.39 is 34.7 Å². The van der Waals surface area contributed by atoms with Gasteiger partial charge in [-0.05, 0) is 12.1 Å². The number of carboxylic acid groups (broad SMARTS) is 1. The molecule has 1 aromatic carbocycles. The zero-order valence-corrected chi connectivity index (χ0v) is 9.59. The third kappa shape index (κ3) is 4.39. The fourth-order valence-electron chi connectivity index (χ4n) is 1.03. The van der Waals surface area contributed by atoms with E-state index in [0.29, 0.717) is 0 Å². The van der Waals surface area contributed by atoms with E-state index in [2.05, 4.69) is 8.92 Å². The lowest BCUT2D eigenvalue weighted by atomic mass is 10.2. The maximum Gasteiger partial charge on any atom is 0.446 e. The first-order valence-electron chi connectivity index (χ1n) is 4.44. The van der Waals surface area contributed by atoms with E-state index in [1.54, 1.807) is 0 Å². The molecule has 0 atom stereocenters. The summed E-state index contributed by atoms with van der Waals surface area (Å²) in [5.41, 5.74) is -0.323. The number of hydrogen-bond donors (Lipinski definition) is 2. The van der Waals surface area contributed by atoms with Crippen molar-refractivity contribution in [3.8, 4) is 5.75 Å². The third-order valence-corrected chi connectivity index (χ3v) is 2.02. The van der Waals surface area contributed by atoms with E-state index in [4.69, 9.17) is 9.66 Å². The second-order valence-corrected chi connectivity index (χ2v) is 4.00. The molecule has 18 heavy (non-hydrogen) atoms. The molecule has 0 amide bonds. The van der Waals surface area contributed by atoms with Gasteiger partial charge < -0.3 is 14.0 Å². The summed E-state index contributed by atoms with van der Waals surface area (Å²) >= 11 is 0. The Balaban J connectivity index is 2.94. The summed E-state index contributed by atoms with van der Waals surface area (Å²) in [6.07, 6.45) is 0. The van der Waals surface area contributed by atoms with Crippen LogP contribution in [0.2, 0.25) is 0 Å². The Hall–Kier alpha value is -2.13. The van der Waals surface area contributed by atoms with E-state index >= 15 is 0 Å². The predicted octanol–water partition coefficient (Wildman–Crippen LogP) is 0.110. The van der Waals surface area contributed by atoms with Gasteiger partial charge in [0.2, 0.25) is 0 Å². The van der Waals surface area contributed by atoms with E-state index in [9.17, 15) is 18.0 Å². The molecular formula is C9H8O8S. The number of carbonyl (C=O) groups is 2. The molecule has 0 aliphatic rings. The molecule has 1 aromatic rings. The third-order valence-electron chi connectivity index (χ3n) is 1.63. The van der Waals surface area contributed by atoms with Crippen molar-refractivity contribution in [1.82, 2.24) is 0 Å². The van der Waals surface area contributed by atoms with Gasteiger partial charge in [0.25, 0.3) is 0 Å². The number of hydrogen-bond acceptors (Lipinski definition) is 6. The van der Waals surface area contributed by atoms with Gasteiger partial charge in [0, 0.05) is 0 Å². The SMILES string of the molecule is O=C(O)COC(=O)c1ccccc1OS(=O)(=O)O. The van der Waals surface area contributed by atoms with Crippen LogP contribution in [0.4, 0.5) is 0 Å². The van der Waals surface area contributed by atoms with Gasteiger partial charge >= 0.3 is 22.3 Å². The molecule has 0 unspecified atom stereocenters. The highest BCUT2D eigenvalue weighted by Crippen LogP contribution is 2.20. The molecule has 2 N–H and O–H groups in total. The van der Waals surface area contributed by atoms with Crippen molar-refractivity contribution >= 4 is 22.3 Å². The number of rotatable bonds is 5. The molecule has 0 aliphatic heterocycles. The fraction of sp³-hybridized carbons (Fsp3) is 0.111. The van der Waals surface area contributed by atoms with Crippen molar-refractivity contribution < 1.29 is 36.6 Å². The summed E-state index contributed by atoms with van der Waals surface area (Å²) < 4.78 is 38.0. The first-order chi connectivity index (χ1) is 8.29. The van der Waals surface area contributed by atoms with Gasteiger partial charge in [0.05, 0.1) is 0 Å². The van der Waals surface area contributed by atoms with Crippen molar-refractivity contribution in [2.75, 3.05) is 6.61 Å². The second-order valence-electron chi connectivity index (χ2n) is 2.98. The maximum absolute atomic E-state index is 11.4. The van der Waals surface area contributed by atoms with E-state index in [-0.39, 0.29) is 5.56 Å². The number of benzene rings is 1. The molecule has 98 valence electrons. The topological polar surface area (TPSA) is 127 Å². The predicted molar refractivity (Wildman–Crippen MR) is 56.5 cm³/mol. The van der Waals surface area contributed by atoms with Crippen LogP contribution in [0.15, 0.2) is 24.3 Å². The van der Waals surface area contributed by atoms with Crippen molar-refractivity contribution in [1.29, 1.82) is 0 Å². The van der Waals surface area contributed by atoms with Gasteiger partial charge in [-0.1, -0.05) is 12.1 Å². The monoisotopic (exact) mass is 276 g/mol. The molecule has 0 aromatic heterocycles. The van der Waals surface area contributed by atoms with Gasteiger partial charge in [-0.25, -0.2) is 9.59 Å². The number of para-hydroxylation sites is 1. The molecule has 0 saturated carbocycles. The minimum Gasteiger partial charge on any atom is -0.479 e. The number of esters is 1. The van der Waals surface area contributed by atoms with Crippen LogP contribution in [0.5, 0.6) is 5.75 Å². The van der Waals surface area contributed by atoms with Gasteiger partial charge in [0.1, 0.15) is 5.56 Å². The Labute approximate surface area is 102 Å². The van der Waals surface area contributed by atoms with Crippen LogP contribution in [0.25, 0.3) is 0 Å². The first-order valence-corrected chi connectivity index (χ1v) is 5.81. The van der Waals surface area contributed by atoms with Crippen LogP contribution >= 0.6 is 0 Å². The minimum atomic E-state index is -4.79. The normalized spacial score (nSPS) is 10.7. The molecule has 8 nitrogen and oxygen atoms in total. The molecule has 0 fully saturated rings. The van der Waals surface area contributed by atoms with Gasteiger partial charge in [-0.15, -0.1) is 0 Å². The molecule has 0 heterocycles. The van der Waals surface area contributed by atoms with E-state index in [1.165, 1.54) is 12.1 Å². The molecule has 0 spiro atoms. The molecule has 9 heteroatoms. The summed E-state index contributed by atoms with van der Waals surface area (Å²) in [5, 5.41) is 8.32. The molecule has 0 radical (unpaired) electrons. The summed E-state index contributed by atoms with van der Waals surface area (Å²) in [7, 11) is -4.79. The zero-order valence-electron chi connectivity index (χ0n) is 8.77. The number of carboxylic acids is 1. The Kier molecular flexibility index (Phi) is 4.23. The van der Waals surface area contributed by atoms with Crippen LogP contribution in [-0.2, 0) is 19.9 Å².